The normalized spacial score (nSPS) is 36.0. The summed E-state index contributed by atoms with van der Waals surface area (Å²) in [7, 11) is 1.70. The van der Waals surface area contributed by atoms with Crippen molar-refractivity contribution in [2.24, 2.45) is 5.41 Å². The largest absolute Gasteiger partial charge is 0.497 e. The minimum absolute atomic E-state index is 0.140. The van der Waals surface area contributed by atoms with E-state index in [1.165, 1.54) is 11.1 Å². The molecule has 2 unspecified atom stereocenters. The van der Waals surface area contributed by atoms with E-state index in [9.17, 15) is 4.79 Å². The first-order chi connectivity index (χ1) is 11.1. The third kappa shape index (κ3) is 1.72. The molecule has 0 aromatic heterocycles. The number of rotatable bonds is 1. The summed E-state index contributed by atoms with van der Waals surface area (Å²) in [5.74, 6) is 0.889. The van der Waals surface area contributed by atoms with Crippen molar-refractivity contribution in [2.45, 2.75) is 70.6 Å². The monoisotopic (exact) mass is 329 g/mol. The summed E-state index contributed by atoms with van der Waals surface area (Å²) >= 11 is 0. The van der Waals surface area contributed by atoms with Gasteiger partial charge in [-0.3, -0.25) is 0 Å². The Balaban J connectivity index is 1.69. The van der Waals surface area contributed by atoms with E-state index in [2.05, 4.69) is 32.0 Å². The van der Waals surface area contributed by atoms with E-state index in [4.69, 9.17) is 9.47 Å². The van der Waals surface area contributed by atoms with Crippen molar-refractivity contribution < 1.29 is 14.3 Å². The summed E-state index contributed by atoms with van der Waals surface area (Å²) in [6.07, 6.45) is 1.73. The van der Waals surface area contributed by atoms with Crippen molar-refractivity contribution in [3.05, 3.63) is 29.3 Å². The van der Waals surface area contributed by atoms with Crippen LogP contribution in [0.3, 0.4) is 0 Å². The molecule has 1 saturated heterocycles. The molecule has 3 aliphatic rings. The van der Waals surface area contributed by atoms with Crippen LogP contribution in [0.1, 0.15) is 52.2 Å². The molecular formula is C20H27NO3. The molecule has 4 nitrogen and oxygen atoms in total. The van der Waals surface area contributed by atoms with Gasteiger partial charge in [-0.15, -0.1) is 0 Å². The molecule has 0 radical (unpaired) electrons. The molecular weight excluding hydrogens is 302 g/mol. The van der Waals surface area contributed by atoms with E-state index < -0.39 is 5.60 Å². The predicted molar refractivity (Wildman–Crippen MR) is 92.4 cm³/mol. The van der Waals surface area contributed by atoms with Crippen molar-refractivity contribution >= 4 is 6.09 Å². The van der Waals surface area contributed by atoms with Gasteiger partial charge in [0.1, 0.15) is 11.4 Å². The van der Waals surface area contributed by atoms with Crippen LogP contribution in [0.2, 0.25) is 0 Å². The zero-order valence-electron chi connectivity index (χ0n) is 15.5. The van der Waals surface area contributed by atoms with Gasteiger partial charge in [-0.25, -0.2) is 4.79 Å². The van der Waals surface area contributed by atoms with Crippen LogP contribution in [0.15, 0.2) is 18.2 Å². The van der Waals surface area contributed by atoms with Crippen LogP contribution >= 0.6 is 0 Å². The Kier molecular flexibility index (Phi) is 2.94. The molecule has 0 bridgehead atoms. The number of amides is 1. The Labute approximate surface area is 144 Å². The fourth-order valence-corrected chi connectivity index (χ4v) is 5.35. The van der Waals surface area contributed by atoms with Gasteiger partial charge in [0.15, 0.2) is 0 Å². The van der Waals surface area contributed by atoms with Gasteiger partial charge >= 0.3 is 6.09 Å². The number of hydrogen-bond acceptors (Lipinski definition) is 3. The van der Waals surface area contributed by atoms with Crippen LogP contribution in [0.25, 0.3) is 0 Å². The quantitative estimate of drug-likeness (QED) is 0.784. The molecule has 0 N–H and O–H groups in total. The average molecular weight is 329 g/mol. The zero-order chi connectivity index (χ0) is 17.5. The molecule has 1 saturated carbocycles. The summed E-state index contributed by atoms with van der Waals surface area (Å²) in [5, 5.41) is 0. The highest BCUT2D eigenvalue weighted by Gasteiger charge is 2.77. The molecule has 1 aliphatic heterocycles. The molecule has 4 atom stereocenters. The van der Waals surface area contributed by atoms with E-state index in [-0.39, 0.29) is 23.0 Å². The Bertz CT molecular complexity index is 722. The van der Waals surface area contributed by atoms with Crippen molar-refractivity contribution in [1.82, 2.24) is 4.90 Å². The Hall–Kier alpha value is -1.71. The predicted octanol–water partition coefficient (Wildman–Crippen LogP) is 3.91. The number of carbonyl (C=O) groups is 1. The number of piperidine rings is 1. The highest BCUT2D eigenvalue weighted by molar-refractivity contribution is 5.73. The van der Waals surface area contributed by atoms with Crippen LogP contribution in [0.5, 0.6) is 5.75 Å². The minimum atomic E-state index is -0.452. The standard InChI is InChI=1S/C20H27NO3/c1-18(2,3)24-17(22)21-15-10-12-9-13(23-6)7-8-14(12)19(4)11-16(21)20(15,19)5/h7-9,15-16H,10-11H2,1-6H3/t15-,16?,19+,20?/m0/s1. The maximum Gasteiger partial charge on any atom is 0.410 e. The maximum atomic E-state index is 12.7. The van der Waals surface area contributed by atoms with Gasteiger partial charge in [-0.2, -0.15) is 0 Å². The second-order valence-corrected chi connectivity index (χ2v) is 8.97. The summed E-state index contributed by atoms with van der Waals surface area (Å²) in [5.41, 5.74) is 2.59. The smallest absolute Gasteiger partial charge is 0.410 e. The van der Waals surface area contributed by atoms with Gasteiger partial charge in [0, 0.05) is 22.9 Å². The molecule has 1 heterocycles. The second kappa shape index (κ2) is 4.47. The zero-order valence-corrected chi connectivity index (χ0v) is 15.5. The van der Waals surface area contributed by atoms with Crippen molar-refractivity contribution in [2.75, 3.05) is 7.11 Å². The summed E-state index contributed by atoms with van der Waals surface area (Å²) in [4.78, 5) is 14.7. The Morgan fingerprint density at radius 3 is 2.58 bits per heavy atom. The molecule has 1 aromatic rings. The number of carbonyl (C=O) groups excluding carboxylic acids is 1. The highest BCUT2D eigenvalue weighted by atomic mass is 16.6. The number of nitrogens with zero attached hydrogens (tertiary/aromatic N) is 1. The van der Waals surface area contributed by atoms with E-state index in [1.54, 1.807) is 7.11 Å². The molecule has 24 heavy (non-hydrogen) atoms. The molecule has 0 spiro atoms. The van der Waals surface area contributed by atoms with Gasteiger partial charge in [0.05, 0.1) is 7.11 Å². The first-order valence-electron chi connectivity index (χ1n) is 8.80. The highest BCUT2D eigenvalue weighted by Crippen LogP contribution is 2.71. The van der Waals surface area contributed by atoms with Crippen LogP contribution in [-0.4, -0.2) is 35.8 Å². The lowest BCUT2D eigenvalue weighted by molar-refractivity contribution is -0.240. The Morgan fingerprint density at radius 2 is 1.96 bits per heavy atom. The molecule has 1 amide bonds. The topological polar surface area (TPSA) is 38.8 Å². The van der Waals surface area contributed by atoms with Crippen LogP contribution in [0.4, 0.5) is 4.79 Å². The molecule has 2 aliphatic carbocycles. The third-order valence-corrected chi connectivity index (χ3v) is 6.77. The second-order valence-electron chi connectivity index (χ2n) is 8.97. The number of fused-ring (bicyclic) bond motifs is 2. The van der Waals surface area contributed by atoms with Gasteiger partial charge in [0.2, 0.25) is 0 Å². The Morgan fingerprint density at radius 1 is 1.25 bits per heavy atom. The van der Waals surface area contributed by atoms with Crippen molar-refractivity contribution in [3.63, 3.8) is 0 Å². The molecule has 130 valence electrons. The lowest BCUT2D eigenvalue weighted by Crippen LogP contribution is -2.87. The fraction of sp³-hybridized carbons (Fsp3) is 0.650. The minimum Gasteiger partial charge on any atom is -0.497 e. The van der Waals surface area contributed by atoms with Crippen LogP contribution < -0.4 is 4.74 Å². The first-order valence-corrected chi connectivity index (χ1v) is 8.80. The van der Waals surface area contributed by atoms with Gasteiger partial charge in [-0.1, -0.05) is 19.9 Å². The van der Waals surface area contributed by atoms with Gasteiger partial charge < -0.3 is 14.4 Å². The lowest BCUT2D eigenvalue weighted by Gasteiger charge is -2.79. The molecule has 4 heteroatoms. The van der Waals surface area contributed by atoms with Crippen LogP contribution in [-0.2, 0) is 16.6 Å². The number of hydrogen-bond donors (Lipinski definition) is 0. The van der Waals surface area contributed by atoms with Crippen molar-refractivity contribution in [1.29, 1.82) is 0 Å². The van der Waals surface area contributed by atoms with E-state index >= 15 is 0 Å². The number of ether oxygens (including phenoxy) is 2. The average Bonchev–Trinajstić information content (AvgIpc) is 2.48. The summed E-state index contributed by atoms with van der Waals surface area (Å²) in [6.45, 7) is 10.5. The summed E-state index contributed by atoms with van der Waals surface area (Å²) < 4.78 is 11.1. The van der Waals surface area contributed by atoms with Crippen LogP contribution in [0, 0.1) is 5.41 Å². The van der Waals surface area contributed by atoms with Gasteiger partial charge in [-0.05, 0) is 56.9 Å². The SMILES string of the molecule is COc1ccc2c(c1)C[C@@H]1N(C(=O)OC(C)(C)C)C3C[C@@]2(C)C31C. The first kappa shape index (κ1) is 15.8. The summed E-state index contributed by atoms with van der Waals surface area (Å²) in [6, 6.07) is 6.94. The number of benzene rings is 1. The molecule has 4 rings (SSSR count). The van der Waals surface area contributed by atoms with E-state index in [0.717, 1.165) is 18.6 Å². The fourth-order valence-electron chi connectivity index (χ4n) is 5.35. The van der Waals surface area contributed by atoms with E-state index in [1.807, 2.05) is 25.7 Å². The molecule has 1 aromatic carbocycles. The number of likely N-dealkylation sites (tertiary alicyclic amines) is 1. The maximum absolute atomic E-state index is 12.7. The van der Waals surface area contributed by atoms with Gasteiger partial charge in [0.25, 0.3) is 0 Å². The van der Waals surface area contributed by atoms with Crippen molar-refractivity contribution in [3.8, 4) is 5.75 Å². The third-order valence-electron chi connectivity index (χ3n) is 6.77. The molecule has 2 fully saturated rings. The van der Waals surface area contributed by atoms with E-state index in [0.29, 0.717) is 6.04 Å². The number of methoxy groups -OCH3 is 1. The lowest BCUT2D eigenvalue weighted by atomic mass is 9.35.